The molecule has 0 saturated heterocycles. The third-order valence-electron chi connectivity index (χ3n) is 4.67. The molecule has 6 heteroatoms. The Morgan fingerprint density at radius 3 is 2.68 bits per heavy atom. The molecule has 2 amide bonds. The van der Waals surface area contributed by atoms with Crippen LogP contribution in [0.1, 0.15) is 47.8 Å². The number of fused-ring (bicyclic) bond motifs is 1. The van der Waals surface area contributed by atoms with Gasteiger partial charge < -0.3 is 20.1 Å². The van der Waals surface area contributed by atoms with E-state index in [1.54, 1.807) is 18.2 Å². The van der Waals surface area contributed by atoms with Crippen molar-refractivity contribution in [1.82, 2.24) is 10.6 Å². The predicted molar refractivity (Wildman–Crippen MR) is 107 cm³/mol. The van der Waals surface area contributed by atoms with Crippen LogP contribution < -0.4 is 20.1 Å². The van der Waals surface area contributed by atoms with Gasteiger partial charge in [0.1, 0.15) is 0 Å². The van der Waals surface area contributed by atoms with Gasteiger partial charge in [0.05, 0.1) is 13.2 Å². The number of benzene rings is 2. The minimum atomic E-state index is -0.209. The Hall–Kier alpha value is -3.02. The van der Waals surface area contributed by atoms with E-state index in [1.807, 2.05) is 26.0 Å². The van der Waals surface area contributed by atoms with Gasteiger partial charge in [-0.25, -0.2) is 0 Å². The lowest BCUT2D eigenvalue weighted by Gasteiger charge is -2.16. The Morgan fingerprint density at radius 1 is 1.14 bits per heavy atom. The highest BCUT2D eigenvalue weighted by Crippen LogP contribution is 2.32. The summed E-state index contributed by atoms with van der Waals surface area (Å²) in [5.41, 5.74) is 2.95. The maximum absolute atomic E-state index is 12.7. The van der Waals surface area contributed by atoms with E-state index in [2.05, 4.69) is 22.8 Å². The van der Waals surface area contributed by atoms with Crippen LogP contribution in [0.3, 0.4) is 0 Å². The zero-order valence-electron chi connectivity index (χ0n) is 16.5. The standard InChI is InChI=1S/C22H26N2O4/c1-14(2)23-21(25)13-28-19-11-9-16(12-20(19)27-3)22(26)24-18-10-8-15-6-4-5-7-17(15)18/h4-7,9,11-12,14,18H,8,10,13H2,1-3H3,(H,23,25)(H,24,26). The van der Waals surface area contributed by atoms with E-state index in [0.717, 1.165) is 12.8 Å². The van der Waals surface area contributed by atoms with E-state index >= 15 is 0 Å². The van der Waals surface area contributed by atoms with Gasteiger partial charge in [0, 0.05) is 11.6 Å². The highest BCUT2D eigenvalue weighted by molar-refractivity contribution is 5.95. The summed E-state index contributed by atoms with van der Waals surface area (Å²) in [5.74, 6) is 0.462. The molecule has 2 aromatic carbocycles. The molecule has 0 saturated carbocycles. The van der Waals surface area contributed by atoms with Crippen LogP contribution in [0.5, 0.6) is 11.5 Å². The first-order valence-corrected chi connectivity index (χ1v) is 9.46. The minimum Gasteiger partial charge on any atom is -0.493 e. The topological polar surface area (TPSA) is 76.7 Å². The van der Waals surface area contributed by atoms with Crippen molar-refractivity contribution in [3.05, 3.63) is 59.2 Å². The number of hydrogen-bond acceptors (Lipinski definition) is 4. The number of rotatable bonds is 7. The van der Waals surface area contributed by atoms with Gasteiger partial charge in [-0.15, -0.1) is 0 Å². The normalized spacial score (nSPS) is 15.1. The van der Waals surface area contributed by atoms with Crippen molar-refractivity contribution in [3.63, 3.8) is 0 Å². The maximum atomic E-state index is 12.7. The van der Waals surface area contributed by atoms with Crippen molar-refractivity contribution in [2.24, 2.45) is 0 Å². The van der Waals surface area contributed by atoms with Gasteiger partial charge in [-0.1, -0.05) is 24.3 Å². The van der Waals surface area contributed by atoms with Crippen LogP contribution in [0.15, 0.2) is 42.5 Å². The maximum Gasteiger partial charge on any atom is 0.258 e. The van der Waals surface area contributed by atoms with E-state index in [4.69, 9.17) is 9.47 Å². The first kappa shape index (κ1) is 19.7. The van der Waals surface area contributed by atoms with Gasteiger partial charge >= 0.3 is 0 Å². The smallest absolute Gasteiger partial charge is 0.258 e. The number of ether oxygens (including phenoxy) is 2. The second kappa shape index (κ2) is 8.78. The Kier molecular flexibility index (Phi) is 6.19. The average Bonchev–Trinajstić information content (AvgIpc) is 3.08. The highest BCUT2D eigenvalue weighted by Gasteiger charge is 2.24. The molecule has 0 spiro atoms. The van der Waals surface area contributed by atoms with E-state index < -0.39 is 0 Å². The molecule has 6 nitrogen and oxygen atoms in total. The first-order valence-electron chi connectivity index (χ1n) is 9.46. The van der Waals surface area contributed by atoms with Crippen LogP contribution in [-0.2, 0) is 11.2 Å². The molecular weight excluding hydrogens is 356 g/mol. The van der Waals surface area contributed by atoms with E-state index in [9.17, 15) is 9.59 Å². The fourth-order valence-corrected chi connectivity index (χ4v) is 3.38. The second-order valence-corrected chi connectivity index (χ2v) is 7.14. The van der Waals surface area contributed by atoms with Crippen LogP contribution in [-0.4, -0.2) is 31.6 Å². The summed E-state index contributed by atoms with van der Waals surface area (Å²) in [4.78, 5) is 24.5. The zero-order valence-corrected chi connectivity index (χ0v) is 16.5. The molecule has 0 heterocycles. The molecule has 0 aromatic heterocycles. The Morgan fingerprint density at radius 2 is 1.93 bits per heavy atom. The van der Waals surface area contributed by atoms with Crippen LogP contribution in [0.2, 0.25) is 0 Å². The predicted octanol–water partition coefficient (Wildman–Crippen LogP) is 3.02. The summed E-state index contributed by atoms with van der Waals surface area (Å²) in [6.45, 7) is 3.65. The molecule has 28 heavy (non-hydrogen) atoms. The summed E-state index contributed by atoms with van der Waals surface area (Å²) in [6.07, 6.45) is 1.87. The quantitative estimate of drug-likeness (QED) is 0.772. The molecule has 148 valence electrons. The van der Waals surface area contributed by atoms with Crippen LogP contribution in [0, 0.1) is 0 Å². The van der Waals surface area contributed by atoms with Gasteiger partial charge in [-0.3, -0.25) is 9.59 Å². The number of methoxy groups -OCH3 is 1. The second-order valence-electron chi connectivity index (χ2n) is 7.14. The molecule has 1 aliphatic carbocycles. The Labute approximate surface area is 165 Å². The average molecular weight is 382 g/mol. The van der Waals surface area contributed by atoms with Crippen LogP contribution in [0.25, 0.3) is 0 Å². The number of aryl methyl sites for hydroxylation is 1. The summed E-state index contributed by atoms with van der Waals surface area (Å²) in [5, 5.41) is 5.85. The highest BCUT2D eigenvalue weighted by atomic mass is 16.5. The van der Waals surface area contributed by atoms with Crippen molar-refractivity contribution in [3.8, 4) is 11.5 Å². The van der Waals surface area contributed by atoms with E-state index in [0.29, 0.717) is 17.1 Å². The van der Waals surface area contributed by atoms with Crippen molar-refractivity contribution < 1.29 is 19.1 Å². The number of carbonyl (C=O) groups excluding carboxylic acids is 2. The van der Waals surface area contributed by atoms with Crippen molar-refractivity contribution in [1.29, 1.82) is 0 Å². The monoisotopic (exact) mass is 382 g/mol. The van der Waals surface area contributed by atoms with Crippen LogP contribution in [0.4, 0.5) is 0 Å². The third-order valence-corrected chi connectivity index (χ3v) is 4.67. The molecule has 0 fully saturated rings. The Balaban J connectivity index is 1.66. The third kappa shape index (κ3) is 4.63. The van der Waals surface area contributed by atoms with Crippen molar-refractivity contribution in [2.45, 2.75) is 38.8 Å². The molecule has 2 N–H and O–H groups in total. The summed E-state index contributed by atoms with van der Waals surface area (Å²) >= 11 is 0. The summed E-state index contributed by atoms with van der Waals surface area (Å²) in [7, 11) is 1.51. The number of nitrogens with one attached hydrogen (secondary N) is 2. The lowest BCUT2D eigenvalue weighted by molar-refractivity contribution is -0.123. The molecule has 3 rings (SSSR count). The Bertz CT molecular complexity index is 863. The molecule has 1 unspecified atom stereocenters. The molecule has 0 aliphatic heterocycles. The number of hydrogen-bond donors (Lipinski definition) is 2. The molecule has 1 aliphatic rings. The zero-order chi connectivity index (χ0) is 20.1. The SMILES string of the molecule is COc1cc(C(=O)NC2CCc3ccccc32)ccc1OCC(=O)NC(C)C. The summed E-state index contributed by atoms with van der Waals surface area (Å²) in [6, 6.07) is 13.2. The molecule has 0 bridgehead atoms. The molecule has 0 radical (unpaired) electrons. The lowest BCUT2D eigenvalue weighted by atomic mass is 10.1. The van der Waals surface area contributed by atoms with Crippen molar-refractivity contribution in [2.75, 3.05) is 13.7 Å². The van der Waals surface area contributed by atoms with Gasteiger partial charge in [0.15, 0.2) is 18.1 Å². The van der Waals surface area contributed by atoms with Crippen molar-refractivity contribution >= 4 is 11.8 Å². The van der Waals surface area contributed by atoms with E-state index in [1.165, 1.54) is 18.2 Å². The first-order chi connectivity index (χ1) is 13.5. The lowest BCUT2D eigenvalue weighted by Crippen LogP contribution is -2.34. The molecule has 1 atom stereocenters. The molecule has 2 aromatic rings. The van der Waals surface area contributed by atoms with Crippen LogP contribution >= 0.6 is 0 Å². The number of amides is 2. The molecular formula is C22H26N2O4. The fraction of sp³-hybridized carbons (Fsp3) is 0.364. The minimum absolute atomic E-state index is 0.0188. The number of carbonyl (C=O) groups is 2. The van der Waals surface area contributed by atoms with Gasteiger partial charge in [-0.2, -0.15) is 0 Å². The summed E-state index contributed by atoms with van der Waals surface area (Å²) < 4.78 is 10.9. The van der Waals surface area contributed by atoms with Gasteiger partial charge in [-0.05, 0) is 56.0 Å². The van der Waals surface area contributed by atoms with E-state index in [-0.39, 0.29) is 30.5 Å². The van der Waals surface area contributed by atoms with Gasteiger partial charge in [0.2, 0.25) is 0 Å². The fourth-order valence-electron chi connectivity index (χ4n) is 3.38. The van der Waals surface area contributed by atoms with Gasteiger partial charge in [0.25, 0.3) is 11.8 Å². The largest absolute Gasteiger partial charge is 0.493 e.